The van der Waals surface area contributed by atoms with Gasteiger partial charge in [0.2, 0.25) is 0 Å². The Hall–Kier alpha value is -0.0800. The summed E-state index contributed by atoms with van der Waals surface area (Å²) in [6, 6.07) is 0. The van der Waals surface area contributed by atoms with Gasteiger partial charge in [-0.3, -0.25) is 0 Å². The van der Waals surface area contributed by atoms with Crippen molar-refractivity contribution >= 4 is 0 Å². The minimum absolute atomic E-state index is 0.0247. The molecular formula is C11H21NO. The predicted octanol–water partition coefficient (Wildman–Crippen LogP) is 1.94. The van der Waals surface area contributed by atoms with Gasteiger partial charge in [0.25, 0.3) is 0 Å². The molecule has 0 aromatic heterocycles. The summed E-state index contributed by atoms with van der Waals surface area (Å²) in [5.74, 6) is 0.722. The Morgan fingerprint density at radius 1 is 1.31 bits per heavy atom. The van der Waals surface area contributed by atoms with Gasteiger partial charge in [-0.1, -0.05) is 13.3 Å². The Balaban J connectivity index is 2.14. The average Bonchev–Trinajstić information content (AvgIpc) is 2.31. The second kappa shape index (κ2) is 2.96. The number of nitrogens with one attached hydrogen (secondary N) is 1. The fourth-order valence-electron chi connectivity index (χ4n) is 2.83. The van der Waals surface area contributed by atoms with Crippen molar-refractivity contribution in [2.45, 2.75) is 51.2 Å². The highest BCUT2D eigenvalue weighted by Gasteiger charge is 2.47. The Morgan fingerprint density at radius 3 is 2.62 bits per heavy atom. The Bertz CT molecular complexity index is 202. The Morgan fingerprint density at radius 2 is 2.08 bits per heavy atom. The summed E-state index contributed by atoms with van der Waals surface area (Å²) >= 11 is 0. The number of rotatable bonds is 0. The minimum atomic E-state index is 0.0247. The van der Waals surface area contributed by atoms with Crippen LogP contribution in [0.4, 0.5) is 0 Å². The number of ether oxygens (including phenoxy) is 1. The first-order chi connectivity index (χ1) is 6.04. The maximum absolute atomic E-state index is 6.27. The van der Waals surface area contributed by atoms with Gasteiger partial charge in [0.05, 0.1) is 11.2 Å². The van der Waals surface area contributed by atoms with Gasteiger partial charge in [-0.25, -0.2) is 0 Å². The molecule has 1 saturated carbocycles. The third-order valence-corrected chi connectivity index (χ3v) is 3.59. The van der Waals surface area contributed by atoms with E-state index in [1.54, 1.807) is 0 Å². The van der Waals surface area contributed by atoms with Crippen LogP contribution in [0.3, 0.4) is 0 Å². The zero-order valence-electron chi connectivity index (χ0n) is 9.02. The zero-order valence-corrected chi connectivity index (χ0v) is 9.02. The van der Waals surface area contributed by atoms with Crippen molar-refractivity contribution in [1.29, 1.82) is 0 Å². The Labute approximate surface area is 81.0 Å². The molecule has 76 valence electrons. The summed E-state index contributed by atoms with van der Waals surface area (Å²) in [7, 11) is 0. The SMILES string of the molecule is CC1CCCC12CNCC(C)(C)O2. The molecule has 13 heavy (non-hydrogen) atoms. The Kier molecular flexibility index (Phi) is 2.16. The van der Waals surface area contributed by atoms with E-state index in [2.05, 4.69) is 26.1 Å². The van der Waals surface area contributed by atoms with E-state index in [-0.39, 0.29) is 11.2 Å². The number of hydrogen-bond acceptors (Lipinski definition) is 2. The topological polar surface area (TPSA) is 21.3 Å². The van der Waals surface area contributed by atoms with Crippen LogP contribution in [0.2, 0.25) is 0 Å². The number of hydrogen-bond donors (Lipinski definition) is 1. The lowest BCUT2D eigenvalue weighted by Crippen LogP contribution is -2.59. The van der Waals surface area contributed by atoms with Gasteiger partial charge in [0.15, 0.2) is 0 Å². The van der Waals surface area contributed by atoms with E-state index in [1.165, 1.54) is 19.3 Å². The van der Waals surface area contributed by atoms with Gasteiger partial charge in [0.1, 0.15) is 0 Å². The molecule has 0 bridgehead atoms. The third kappa shape index (κ3) is 1.62. The van der Waals surface area contributed by atoms with Gasteiger partial charge >= 0.3 is 0 Å². The van der Waals surface area contributed by atoms with E-state index in [0.717, 1.165) is 19.0 Å². The van der Waals surface area contributed by atoms with Crippen LogP contribution in [0.5, 0.6) is 0 Å². The van der Waals surface area contributed by atoms with Gasteiger partial charge in [0, 0.05) is 13.1 Å². The van der Waals surface area contributed by atoms with Gasteiger partial charge in [-0.15, -0.1) is 0 Å². The van der Waals surface area contributed by atoms with Crippen molar-refractivity contribution in [1.82, 2.24) is 5.32 Å². The highest BCUT2D eigenvalue weighted by molar-refractivity contribution is 4.99. The third-order valence-electron chi connectivity index (χ3n) is 3.59. The van der Waals surface area contributed by atoms with Crippen LogP contribution >= 0.6 is 0 Å². The van der Waals surface area contributed by atoms with E-state index >= 15 is 0 Å². The first-order valence-electron chi connectivity index (χ1n) is 5.45. The van der Waals surface area contributed by atoms with Crippen molar-refractivity contribution in [3.8, 4) is 0 Å². The zero-order chi connectivity index (χ0) is 9.53. The minimum Gasteiger partial charge on any atom is -0.366 e. The van der Waals surface area contributed by atoms with Crippen LogP contribution in [0.15, 0.2) is 0 Å². The maximum Gasteiger partial charge on any atom is 0.0839 e. The summed E-state index contributed by atoms with van der Waals surface area (Å²) < 4.78 is 6.27. The normalized spacial score (nSPS) is 44.1. The largest absolute Gasteiger partial charge is 0.366 e. The second-order valence-electron chi connectivity index (χ2n) is 5.32. The molecule has 2 atom stereocenters. The van der Waals surface area contributed by atoms with Gasteiger partial charge < -0.3 is 10.1 Å². The van der Waals surface area contributed by atoms with E-state index < -0.39 is 0 Å². The van der Waals surface area contributed by atoms with Gasteiger partial charge in [-0.05, 0) is 32.6 Å². The van der Waals surface area contributed by atoms with Crippen LogP contribution in [-0.2, 0) is 4.74 Å². The summed E-state index contributed by atoms with van der Waals surface area (Å²) in [6.45, 7) is 8.74. The van der Waals surface area contributed by atoms with Crippen molar-refractivity contribution < 1.29 is 4.74 Å². The molecule has 1 N–H and O–H groups in total. The van der Waals surface area contributed by atoms with Crippen LogP contribution in [0.25, 0.3) is 0 Å². The molecule has 0 aromatic rings. The predicted molar refractivity (Wildman–Crippen MR) is 53.8 cm³/mol. The maximum atomic E-state index is 6.27. The summed E-state index contributed by atoms with van der Waals surface area (Å²) in [6.07, 6.45) is 3.90. The molecule has 2 fully saturated rings. The monoisotopic (exact) mass is 183 g/mol. The van der Waals surface area contributed by atoms with E-state index in [0.29, 0.717) is 0 Å². The fourth-order valence-corrected chi connectivity index (χ4v) is 2.83. The molecule has 1 aliphatic carbocycles. The quantitative estimate of drug-likeness (QED) is 0.619. The molecule has 2 unspecified atom stereocenters. The summed E-state index contributed by atoms with van der Waals surface area (Å²) in [4.78, 5) is 0. The standard InChI is InChI=1S/C11H21NO/c1-9-5-4-6-11(9)8-12-7-10(2,3)13-11/h9,12H,4-8H2,1-3H3. The second-order valence-corrected chi connectivity index (χ2v) is 5.32. The smallest absolute Gasteiger partial charge is 0.0839 e. The molecule has 0 amide bonds. The van der Waals surface area contributed by atoms with Crippen molar-refractivity contribution in [3.05, 3.63) is 0 Å². The van der Waals surface area contributed by atoms with E-state index in [1.807, 2.05) is 0 Å². The van der Waals surface area contributed by atoms with Gasteiger partial charge in [-0.2, -0.15) is 0 Å². The lowest BCUT2D eigenvalue weighted by molar-refractivity contribution is -0.175. The molecule has 0 aromatic carbocycles. The lowest BCUT2D eigenvalue weighted by Gasteiger charge is -2.46. The molecule has 1 aliphatic heterocycles. The highest BCUT2D eigenvalue weighted by atomic mass is 16.5. The van der Waals surface area contributed by atoms with Crippen molar-refractivity contribution in [2.75, 3.05) is 13.1 Å². The lowest BCUT2D eigenvalue weighted by atomic mass is 9.88. The molecule has 1 heterocycles. The van der Waals surface area contributed by atoms with Crippen LogP contribution in [-0.4, -0.2) is 24.3 Å². The average molecular weight is 183 g/mol. The highest BCUT2D eigenvalue weighted by Crippen LogP contribution is 2.42. The van der Waals surface area contributed by atoms with E-state index in [9.17, 15) is 0 Å². The molecular weight excluding hydrogens is 162 g/mol. The summed E-state index contributed by atoms with van der Waals surface area (Å²) in [5.41, 5.74) is 0.179. The number of morpholine rings is 1. The molecule has 2 rings (SSSR count). The molecule has 1 saturated heterocycles. The van der Waals surface area contributed by atoms with E-state index in [4.69, 9.17) is 4.74 Å². The molecule has 2 heteroatoms. The molecule has 2 aliphatic rings. The molecule has 2 nitrogen and oxygen atoms in total. The first-order valence-corrected chi connectivity index (χ1v) is 5.45. The molecule has 0 radical (unpaired) electrons. The van der Waals surface area contributed by atoms with Crippen LogP contribution < -0.4 is 5.32 Å². The fraction of sp³-hybridized carbons (Fsp3) is 1.00. The molecule has 1 spiro atoms. The van der Waals surface area contributed by atoms with Crippen LogP contribution in [0.1, 0.15) is 40.0 Å². The first kappa shape index (κ1) is 9.47. The van der Waals surface area contributed by atoms with Crippen molar-refractivity contribution in [3.63, 3.8) is 0 Å². The van der Waals surface area contributed by atoms with Crippen molar-refractivity contribution in [2.24, 2.45) is 5.92 Å². The summed E-state index contributed by atoms with van der Waals surface area (Å²) in [5, 5.41) is 3.51. The van der Waals surface area contributed by atoms with Crippen LogP contribution in [0, 0.1) is 5.92 Å².